The number of nitrogens with two attached hydrogens (primary N) is 1. The number of nitrogens with one attached hydrogen (secondary N) is 1. The summed E-state index contributed by atoms with van der Waals surface area (Å²) in [4.78, 5) is 11.9. The predicted molar refractivity (Wildman–Crippen MR) is 90.9 cm³/mol. The van der Waals surface area contributed by atoms with Crippen LogP contribution < -0.4 is 11.1 Å². The molecule has 0 aromatic heterocycles. The number of amides is 1. The maximum absolute atomic E-state index is 11.9. The molecular formula is C16H26N2O2S. The summed E-state index contributed by atoms with van der Waals surface area (Å²) in [5.41, 5.74) is 8.11. The second-order valence-electron chi connectivity index (χ2n) is 5.23. The first kappa shape index (κ1) is 17.7. The Labute approximate surface area is 130 Å². The zero-order chi connectivity index (χ0) is 15.7. The highest BCUT2D eigenvalue weighted by Crippen LogP contribution is 2.20. The third-order valence-electron chi connectivity index (χ3n) is 3.40. The topological polar surface area (TPSA) is 72.2 Å². The summed E-state index contributed by atoms with van der Waals surface area (Å²) in [5.74, 6) is 1.31. The van der Waals surface area contributed by atoms with Crippen LogP contribution in [-0.2, 0) is 15.6 Å². The summed E-state index contributed by atoms with van der Waals surface area (Å²) in [7, 11) is -0.792. The first-order valence-corrected chi connectivity index (χ1v) is 9.03. The van der Waals surface area contributed by atoms with Crippen LogP contribution in [0.25, 0.3) is 0 Å². The zero-order valence-corrected chi connectivity index (χ0v) is 13.8. The van der Waals surface area contributed by atoms with Gasteiger partial charge in [0.25, 0.3) is 0 Å². The number of anilines is 2. The van der Waals surface area contributed by atoms with Crippen LogP contribution in [0, 0.1) is 6.92 Å². The second kappa shape index (κ2) is 9.55. The first-order chi connectivity index (χ1) is 10.0. The number of benzene rings is 1. The zero-order valence-electron chi connectivity index (χ0n) is 13.0. The summed E-state index contributed by atoms with van der Waals surface area (Å²) < 4.78 is 11.7. The Balaban J connectivity index is 2.28. The van der Waals surface area contributed by atoms with Crippen molar-refractivity contribution < 1.29 is 9.00 Å². The van der Waals surface area contributed by atoms with E-state index in [0.717, 1.165) is 36.3 Å². The van der Waals surface area contributed by atoms with Gasteiger partial charge in [0.05, 0.1) is 0 Å². The lowest BCUT2D eigenvalue weighted by Gasteiger charge is -2.10. The third kappa shape index (κ3) is 6.76. The average Bonchev–Trinajstić information content (AvgIpc) is 2.44. The van der Waals surface area contributed by atoms with Crippen molar-refractivity contribution in [3.63, 3.8) is 0 Å². The summed E-state index contributed by atoms with van der Waals surface area (Å²) >= 11 is 0. The molecule has 0 spiro atoms. The van der Waals surface area contributed by atoms with E-state index in [1.54, 1.807) is 0 Å². The Hall–Kier alpha value is -1.36. The third-order valence-corrected chi connectivity index (χ3v) is 4.89. The van der Waals surface area contributed by atoms with Crippen LogP contribution in [0.4, 0.5) is 11.4 Å². The Morgan fingerprint density at radius 3 is 2.67 bits per heavy atom. The molecule has 1 rings (SSSR count). The van der Waals surface area contributed by atoms with Gasteiger partial charge in [-0.05, 0) is 37.5 Å². The molecule has 1 amide bonds. The normalized spacial score (nSPS) is 12.1. The fourth-order valence-corrected chi connectivity index (χ4v) is 3.21. The van der Waals surface area contributed by atoms with Gasteiger partial charge in [0.2, 0.25) is 5.91 Å². The number of hydrogen-bond acceptors (Lipinski definition) is 3. The number of nitrogen functional groups attached to an aromatic ring is 1. The maximum Gasteiger partial charge on any atom is 0.224 e. The molecule has 4 nitrogen and oxygen atoms in total. The summed E-state index contributed by atoms with van der Waals surface area (Å²) in [6.45, 7) is 4.01. The van der Waals surface area contributed by atoms with Gasteiger partial charge in [0.15, 0.2) is 0 Å². The van der Waals surface area contributed by atoms with E-state index >= 15 is 0 Å². The maximum atomic E-state index is 11.9. The molecule has 118 valence electrons. The van der Waals surface area contributed by atoms with Gasteiger partial charge in [-0.2, -0.15) is 0 Å². The van der Waals surface area contributed by atoms with Gasteiger partial charge >= 0.3 is 0 Å². The summed E-state index contributed by atoms with van der Waals surface area (Å²) in [6, 6.07) is 5.47. The highest BCUT2D eigenvalue weighted by Gasteiger charge is 2.07. The van der Waals surface area contributed by atoms with E-state index in [9.17, 15) is 9.00 Å². The molecule has 1 atom stereocenters. The van der Waals surface area contributed by atoms with Crippen molar-refractivity contribution >= 4 is 28.1 Å². The van der Waals surface area contributed by atoms with Gasteiger partial charge in [-0.15, -0.1) is 0 Å². The van der Waals surface area contributed by atoms with Crippen LogP contribution in [0.1, 0.15) is 44.6 Å². The van der Waals surface area contributed by atoms with Crippen molar-refractivity contribution in [2.24, 2.45) is 0 Å². The summed E-state index contributed by atoms with van der Waals surface area (Å²) in [5, 5.41) is 2.86. The molecule has 0 saturated heterocycles. The SMILES string of the molecule is CCCCCS(=O)CCCC(=O)Nc1cccc(N)c1C. The molecule has 0 saturated carbocycles. The van der Waals surface area contributed by atoms with E-state index < -0.39 is 10.8 Å². The van der Waals surface area contributed by atoms with Crippen molar-refractivity contribution in [1.29, 1.82) is 0 Å². The van der Waals surface area contributed by atoms with Crippen molar-refractivity contribution in [2.45, 2.75) is 46.0 Å². The quantitative estimate of drug-likeness (QED) is 0.543. The summed E-state index contributed by atoms with van der Waals surface area (Å²) in [6.07, 6.45) is 4.33. The molecule has 0 heterocycles. The highest BCUT2D eigenvalue weighted by molar-refractivity contribution is 7.84. The Morgan fingerprint density at radius 2 is 1.95 bits per heavy atom. The lowest BCUT2D eigenvalue weighted by atomic mass is 10.1. The molecule has 0 aliphatic heterocycles. The van der Waals surface area contributed by atoms with Crippen LogP contribution in [0.2, 0.25) is 0 Å². The Bertz CT molecular complexity index is 489. The van der Waals surface area contributed by atoms with Crippen LogP contribution >= 0.6 is 0 Å². The van der Waals surface area contributed by atoms with Crippen molar-refractivity contribution in [1.82, 2.24) is 0 Å². The lowest BCUT2D eigenvalue weighted by molar-refractivity contribution is -0.116. The van der Waals surface area contributed by atoms with Crippen molar-refractivity contribution in [2.75, 3.05) is 22.6 Å². The standard InChI is InChI=1S/C16H26N2O2S/c1-3-4-5-11-21(20)12-7-10-16(19)18-15-9-6-8-14(17)13(15)2/h6,8-9H,3-5,7,10-12,17H2,1-2H3,(H,18,19). The van der Waals surface area contributed by atoms with Gasteiger partial charge in [-0.3, -0.25) is 9.00 Å². The number of rotatable bonds is 9. The average molecular weight is 310 g/mol. The van der Waals surface area contributed by atoms with E-state index in [0.29, 0.717) is 24.3 Å². The number of carbonyl (C=O) groups is 1. The monoisotopic (exact) mass is 310 g/mol. The largest absolute Gasteiger partial charge is 0.398 e. The first-order valence-electron chi connectivity index (χ1n) is 7.54. The van der Waals surface area contributed by atoms with E-state index in [-0.39, 0.29) is 5.91 Å². The van der Waals surface area contributed by atoms with Gasteiger partial charge in [0.1, 0.15) is 0 Å². The van der Waals surface area contributed by atoms with Crippen molar-refractivity contribution in [3.8, 4) is 0 Å². The Kier molecular flexibility index (Phi) is 8.05. The number of unbranched alkanes of at least 4 members (excludes halogenated alkanes) is 2. The number of carbonyl (C=O) groups excluding carboxylic acids is 1. The lowest BCUT2D eigenvalue weighted by Crippen LogP contribution is -2.14. The van der Waals surface area contributed by atoms with Crippen LogP contribution in [-0.4, -0.2) is 21.6 Å². The minimum Gasteiger partial charge on any atom is -0.398 e. The molecule has 1 aromatic rings. The molecule has 0 radical (unpaired) electrons. The van der Waals surface area contributed by atoms with Crippen LogP contribution in [0.3, 0.4) is 0 Å². The van der Waals surface area contributed by atoms with E-state index in [4.69, 9.17) is 5.73 Å². The van der Waals surface area contributed by atoms with Crippen molar-refractivity contribution in [3.05, 3.63) is 23.8 Å². The predicted octanol–water partition coefficient (Wildman–Crippen LogP) is 3.23. The molecule has 3 N–H and O–H groups in total. The molecule has 0 bridgehead atoms. The van der Waals surface area contributed by atoms with E-state index in [1.165, 1.54) is 0 Å². The Morgan fingerprint density at radius 1 is 1.24 bits per heavy atom. The minimum absolute atomic E-state index is 0.0470. The fourth-order valence-electron chi connectivity index (χ4n) is 2.01. The molecule has 0 fully saturated rings. The molecule has 1 aromatic carbocycles. The van der Waals surface area contributed by atoms with Gasteiger partial charge < -0.3 is 11.1 Å². The van der Waals surface area contributed by atoms with Crippen LogP contribution in [0.15, 0.2) is 18.2 Å². The smallest absolute Gasteiger partial charge is 0.224 e. The molecule has 5 heteroatoms. The molecular weight excluding hydrogens is 284 g/mol. The van der Waals surface area contributed by atoms with Gasteiger partial charge in [0, 0.05) is 40.1 Å². The minimum atomic E-state index is -0.792. The van der Waals surface area contributed by atoms with Crippen LogP contribution in [0.5, 0.6) is 0 Å². The van der Waals surface area contributed by atoms with E-state index in [1.807, 2.05) is 25.1 Å². The highest BCUT2D eigenvalue weighted by atomic mass is 32.2. The fraction of sp³-hybridized carbons (Fsp3) is 0.562. The van der Waals surface area contributed by atoms with Gasteiger partial charge in [-0.25, -0.2) is 0 Å². The molecule has 21 heavy (non-hydrogen) atoms. The molecule has 0 aliphatic rings. The molecule has 1 unspecified atom stereocenters. The van der Waals surface area contributed by atoms with E-state index in [2.05, 4.69) is 12.2 Å². The second-order valence-corrected chi connectivity index (χ2v) is 6.92. The number of hydrogen-bond donors (Lipinski definition) is 2. The van der Waals surface area contributed by atoms with Gasteiger partial charge in [-0.1, -0.05) is 25.8 Å². The molecule has 0 aliphatic carbocycles.